The maximum absolute atomic E-state index is 13.7. The van der Waals surface area contributed by atoms with Gasteiger partial charge in [0.2, 0.25) is 0 Å². The molecule has 0 aliphatic rings. The second kappa shape index (κ2) is 6.40. The van der Waals surface area contributed by atoms with Crippen molar-refractivity contribution >= 4 is 27.2 Å². The van der Waals surface area contributed by atoms with Gasteiger partial charge in [0.15, 0.2) is 11.6 Å². The van der Waals surface area contributed by atoms with E-state index < -0.39 is 11.6 Å². The fraction of sp³-hybridized carbons (Fsp3) is 0.235. The number of aromatic nitrogens is 1. The van der Waals surface area contributed by atoms with Gasteiger partial charge in [-0.1, -0.05) is 25.5 Å². The maximum atomic E-state index is 13.7. The molecule has 0 fully saturated rings. The third-order valence-corrected chi connectivity index (χ3v) is 4.47. The Morgan fingerprint density at radius 3 is 2.86 bits per heavy atom. The number of aryl methyl sites for hydroxylation is 1. The van der Waals surface area contributed by atoms with Gasteiger partial charge in [0, 0.05) is 5.69 Å². The summed E-state index contributed by atoms with van der Waals surface area (Å²) in [6, 6.07) is 10.8. The molecule has 0 saturated heterocycles. The van der Waals surface area contributed by atoms with Crippen LogP contribution in [0.1, 0.15) is 23.9 Å². The van der Waals surface area contributed by atoms with Crippen LogP contribution in [-0.2, 0) is 13.0 Å². The molecule has 1 N–H and O–H groups in total. The van der Waals surface area contributed by atoms with E-state index in [-0.39, 0.29) is 4.70 Å². The third-order valence-electron chi connectivity index (χ3n) is 3.40. The quantitative estimate of drug-likeness (QED) is 0.704. The van der Waals surface area contributed by atoms with Gasteiger partial charge in [0.05, 0.1) is 16.8 Å². The second-order valence-electron chi connectivity index (χ2n) is 5.12. The standard InChI is InChI=1S/C17H16F2N2S/c1-2-4-11-5-3-6-12(9-11)20-10-15-21-14-8-7-13(18)16(19)17(14)22-15/h3,5-9,20H,2,4,10H2,1H3. The summed E-state index contributed by atoms with van der Waals surface area (Å²) < 4.78 is 27.2. The topological polar surface area (TPSA) is 24.9 Å². The van der Waals surface area contributed by atoms with Crippen LogP contribution in [0.2, 0.25) is 0 Å². The van der Waals surface area contributed by atoms with E-state index >= 15 is 0 Å². The molecular formula is C17H16F2N2S. The van der Waals surface area contributed by atoms with Gasteiger partial charge in [-0.3, -0.25) is 0 Å². The molecule has 1 heterocycles. The van der Waals surface area contributed by atoms with E-state index in [4.69, 9.17) is 0 Å². The first-order valence-electron chi connectivity index (χ1n) is 7.23. The first-order chi connectivity index (χ1) is 10.7. The molecular weight excluding hydrogens is 302 g/mol. The van der Waals surface area contributed by atoms with Gasteiger partial charge in [-0.05, 0) is 36.2 Å². The van der Waals surface area contributed by atoms with E-state index in [0.29, 0.717) is 12.1 Å². The molecule has 0 unspecified atom stereocenters. The van der Waals surface area contributed by atoms with Crippen molar-refractivity contribution in [3.05, 3.63) is 58.6 Å². The summed E-state index contributed by atoms with van der Waals surface area (Å²) in [6.07, 6.45) is 2.15. The number of anilines is 1. The van der Waals surface area contributed by atoms with Crippen molar-refractivity contribution in [3.8, 4) is 0 Å². The molecule has 0 aliphatic carbocycles. The van der Waals surface area contributed by atoms with Gasteiger partial charge in [-0.25, -0.2) is 13.8 Å². The Morgan fingerprint density at radius 1 is 1.18 bits per heavy atom. The Bertz CT molecular complexity index is 798. The highest BCUT2D eigenvalue weighted by atomic mass is 32.1. The highest BCUT2D eigenvalue weighted by Crippen LogP contribution is 2.27. The number of halogens is 2. The van der Waals surface area contributed by atoms with E-state index in [1.165, 1.54) is 23.0 Å². The zero-order chi connectivity index (χ0) is 15.5. The van der Waals surface area contributed by atoms with Crippen LogP contribution in [0.3, 0.4) is 0 Å². The second-order valence-corrected chi connectivity index (χ2v) is 6.20. The zero-order valence-corrected chi connectivity index (χ0v) is 13.0. The van der Waals surface area contributed by atoms with Gasteiger partial charge < -0.3 is 5.32 Å². The highest BCUT2D eigenvalue weighted by molar-refractivity contribution is 7.18. The number of thiazole rings is 1. The van der Waals surface area contributed by atoms with Crippen molar-refractivity contribution in [2.24, 2.45) is 0 Å². The summed E-state index contributed by atoms with van der Waals surface area (Å²) in [4.78, 5) is 4.34. The Hall–Kier alpha value is -2.01. The number of benzene rings is 2. The smallest absolute Gasteiger partial charge is 0.178 e. The molecule has 0 atom stereocenters. The summed E-state index contributed by atoms with van der Waals surface area (Å²) >= 11 is 1.18. The average molecular weight is 318 g/mol. The minimum absolute atomic E-state index is 0.275. The lowest BCUT2D eigenvalue weighted by atomic mass is 10.1. The minimum atomic E-state index is -0.831. The molecule has 0 bridgehead atoms. The third kappa shape index (κ3) is 3.09. The lowest BCUT2D eigenvalue weighted by molar-refractivity contribution is 0.518. The number of rotatable bonds is 5. The van der Waals surface area contributed by atoms with Crippen molar-refractivity contribution in [2.45, 2.75) is 26.3 Å². The number of fused-ring (bicyclic) bond motifs is 1. The van der Waals surface area contributed by atoms with E-state index in [9.17, 15) is 8.78 Å². The van der Waals surface area contributed by atoms with Crippen LogP contribution >= 0.6 is 11.3 Å². The minimum Gasteiger partial charge on any atom is -0.379 e. The van der Waals surface area contributed by atoms with Crippen molar-refractivity contribution in [2.75, 3.05) is 5.32 Å². The molecule has 0 spiro atoms. The monoisotopic (exact) mass is 318 g/mol. The van der Waals surface area contributed by atoms with Crippen molar-refractivity contribution in [1.29, 1.82) is 0 Å². The summed E-state index contributed by atoms with van der Waals surface area (Å²) in [5.74, 6) is -1.64. The van der Waals surface area contributed by atoms with Crippen LogP contribution < -0.4 is 5.32 Å². The lowest BCUT2D eigenvalue weighted by Crippen LogP contribution is -1.99. The van der Waals surface area contributed by atoms with Crippen molar-refractivity contribution in [3.63, 3.8) is 0 Å². The lowest BCUT2D eigenvalue weighted by Gasteiger charge is -2.06. The van der Waals surface area contributed by atoms with Crippen LogP contribution in [0.25, 0.3) is 10.2 Å². The predicted molar refractivity (Wildman–Crippen MR) is 87.3 cm³/mol. The van der Waals surface area contributed by atoms with E-state index in [2.05, 4.69) is 29.4 Å². The number of hydrogen-bond donors (Lipinski definition) is 1. The van der Waals surface area contributed by atoms with E-state index in [0.717, 1.165) is 29.6 Å². The maximum Gasteiger partial charge on any atom is 0.178 e. The molecule has 2 aromatic carbocycles. The van der Waals surface area contributed by atoms with Crippen LogP contribution in [0.5, 0.6) is 0 Å². The van der Waals surface area contributed by atoms with Gasteiger partial charge in [0.25, 0.3) is 0 Å². The fourth-order valence-electron chi connectivity index (χ4n) is 2.36. The normalized spacial score (nSPS) is 11.0. The number of hydrogen-bond acceptors (Lipinski definition) is 3. The molecule has 0 aliphatic heterocycles. The Balaban J connectivity index is 1.76. The summed E-state index contributed by atoms with van der Waals surface area (Å²) in [6.45, 7) is 2.64. The molecule has 5 heteroatoms. The zero-order valence-electron chi connectivity index (χ0n) is 12.2. The van der Waals surface area contributed by atoms with Crippen LogP contribution in [-0.4, -0.2) is 4.98 Å². The van der Waals surface area contributed by atoms with Gasteiger partial charge in [-0.15, -0.1) is 11.3 Å². The predicted octanol–water partition coefficient (Wildman–Crippen LogP) is 5.14. The molecule has 3 rings (SSSR count). The summed E-state index contributed by atoms with van der Waals surface area (Å²) in [5.41, 5.74) is 2.79. The first kappa shape index (κ1) is 14.9. The van der Waals surface area contributed by atoms with Crippen LogP contribution in [0.15, 0.2) is 36.4 Å². The molecule has 0 radical (unpaired) electrons. The highest BCUT2D eigenvalue weighted by Gasteiger charge is 2.12. The van der Waals surface area contributed by atoms with Crippen molar-refractivity contribution < 1.29 is 8.78 Å². The van der Waals surface area contributed by atoms with Crippen LogP contribution in [0, 0.1) is 11.6 Å². The average Bonchev–Trinajstić information content (AvgIpc) is 2.94. The van der Waals surface area contributed by atoms with E-state index in [1.807, 2.05) is 12.1 Å². The van der Waals surface area contributed by atoms with Gasteiger partial charge in [-0.2, -0.15) is 0 Å². The van der Waals surface area contributed by atoms with Crippen LogP contribution in [0.4, 0.5) is 14.5 Å². The SMILES string of the molecule is CCCc1cccc(NCc2nc3ccc(F)c(F)c3s2)c1. The molecule has 1 aromatic heterocycles. The molecule has 3 aromatic rings. The van der Waals surface area contributed by atoms with E-state index in [1.54, 1.807) is 0 Å². The Morgan fingerprint density at radius 2 is 2.05 bits per heavy atom. The largest absolute Gasteiger partial charge is 0.379 e. The van der Waals surface area contributed by atoms with Gasteiger partial charge >= 0.3 is 0 Å². The molecule has 114 valence electrons. The summed E-state index contributed by atoms with van der Waals surface area (Å²) in [5, 5.41) is 4.02. The van der Waals surface area contributed by atoms with Gasteiger partial charge in [0.1, 0.15) is 5.01 Å². The first-order valence-corrected chi connectivity index (χ1v) is 8.05. The molecule has 0 amide bonds. The number of nitrogens with one attached hydrogen (secondary N) is 1. The molecule has 22 heavy (non-hydrogen) atoms. The molecule has 0 saturated carbocycles. The fourth-order valence-corrected chi connectivity index (χ4v) is 3.29. The summed E-state index contributed by atoms with van der Waals surface area (Å²) in [7, 11) is 0. The Kier molecular flexibility index (Phi) is 4.34. The number of nitrogens with zero attached hydrogens (tertiary/aromatic N) is 1. The Labute approximate surface area is 131 Å². The van der Waals surface area contributed by atoms with Crippen molar-refractivity contribution in [1.82, 2.24) is 4.98 Å². The molecule has 2 nitrogen and oxygen atoms in total.